The Morgan fingerprint density at radius 3 is 2.68 bits per heavy atom. The van der Waals surface area contributed by atoms with Crippen LogP contribution in [0.3, 0.4) is 0 Å². The normalized spacial score (nSPS) is 17.4. The Morgan fingerprint density at radius 1 is 1.53 bits per heavy atom. The van der Waals surface area contributed by atoms with Gasteiger partial charge in [0.1, 0.15) is 5.54 Å². The SMILES string of the molecule is CN(C(=O)NC(C)(C(=O)O)C1CC1)c1cccnc1. The maximum atomic E-state index is 12.1. The number of urea groups is 1. The van der Waals surface area contributed by atoms with Crippen LogP contribution in [0.4, 0.5) is 10.5 Å². The van der Waals surface area contributed by atoms with Crippen molar-refractivity contribution in [1.82, 2.24) is 10.3 Å². The Hall–Kier alpha value is -2.11. The van der Waals surface area contributed by atoms with E-state index in [4.69, 9.17) is 0 Å². The Morgan fingerprint density at radius 2 is 2.21 bits per heavy atom. The molecule has 2 N–H and O–H groups in total. The van der Waals surface area contributed by atoms with Crippen LogP contribution in [0.1, 0.15) is 19.8 Å². The minimum Gasteiger partial charge on any atom is -0.480 e. The van der Waals surface area contributed by atoms with E-state index < -0.39 is 17.5 Å². The van der Waals surface area contributed by atoms with Crippen molar-refractivity contribution in [3.05, 3.63) is 24.5 Å². The van der Waals surface area contributed by atoms with E-state index in [0.717, 1.165) is 12.8 Å². The van der Waals surface area contributed by atoms with Crippen LogP contribution >= 0.6 is 0 Å². The third kappa shape index (κ3) is 2.67. The van der Waals surface area contributed by atoms with Gasteiger partial charge in [0, 0.05) is 13.2 Å². The number of aliphatic carboxylic acids is 1. The number of aromatic nitrogens is 1. The van der Waals surface area contributed by atoms with Crippen LogP contribution in [0.25, 0.3) is 0 Å². The number of anilines is 1. The van der Waals surface area contributed by atoms with Crippen molar-refractivity contribution in [1.29, 1.82) is 0 Å². The fourth-order valence-electron chi connectivity index (χ4n) is 1.97. The third-order valence-electron chi connectivity index (χ3n) is 3.54. The molecule has 19 heavy (non-hydrogen) atoms. The fraction of sp³-hybridized carbons (Fsp3) is 0.462. The monoisotopic (exact) mass is 263 g/mol. The summed E-state index contributed by atoms with van der Waals surface area (Å²) in [6.07, 6.45) is 4.83. The van der Waals surface area contributed by atoms with Crippen molar-refractivity contribution in [2.24, 2.45) is 5.92 Å². The molecular formula is C13H17N3O3. The second-order valence-electron chi connectivity index (χ2n) is 4.98. The molecule has 1 aliphatic rings. The largest absolute Gasteiger partial charge is 0.480 e. The smallest absolute Gasteiger partial charge is 0.329 e. The van der Waals surface area contributed by atoms with Crippen LogP contribution < -0.4 is 10.2 Å². The number of hydrogen-bond donors (Lipinski definition) is 2. The molecule has 2 amide bonds. The molecular weight excluding hydrogens is 246 g/mol. The van der Waals surface area contributed by atoms with Gasteiger partial charge >= 0.3 is 12.0 Å². The van der Waals surface area contributed by atoms with Crippen LogP contribution in [0, 0.1) is 5.92 Å². The lowest BCUT2D eigenvalue weighted by Crippen LogP contribution is -2.57. The quantitative estimate of drug-likeness (QED) is 0.862. The average Bonchev–Trinajstić information content (AvgIpc) is 3.23. The molecule has 0 saturated heterocycles. The molecule has 1 heterocycles. The minimum atomic E-state index is -1.20. The molecule has 1 aromatic rings. The number of nitrogens with one attached hydrogen (secondary N) is 1. The Kier molecular flexibility index (Phi) is 3.42. The van der Waals surface area contributed by atoms with Crippen LogP contribution in [-0.2, 0) is 4.79 Å². The molecule has 0 spiro atoms. The minimum absolute atomic E-state index is 0.0104. The summed E-state index contributed by atoms with van der Waals surface area (Å²) in [6, 6.07) is 3.02. The standard InChI is InChI=1S/C13H17N3O3/c1-13(11(17)18,9-5-6-9)15-12(19)16(2)10-4-3-7-14-8-10/h3-4,7-9H,5-6H2,1-2H3,(H,15,19)(H,17,18). The molecule has 0 aliphatic heterocycles. The van der Waals surface area contributed by atoms with Gasteiger partial charge in [0.25, 0.3) is 0 Å². The zero-order valence-corrected chi connectivity index (χ0v) is 11.0. The molecule has 6 heteroatoms. The number of rotatable bonds is 4. The lowest BCUT2D eigenvalue weighted by atomic mass is 9.96. The van der Waals surface area contributed by atoms with E-state index in [-0.39, 0.29) is 5.92 Å². The van der Waals surface area contributed by atoms with Gasteiger partial charge in [-0.2, -0.15) is 0 Å². The number of carbonyl (C=O) groups is 2. The Balaban J connectivity index is 2.10. The van der Waals surface area contributed by atoms with E-state index >= 15 is 0 Å². The molecule has 0 radical (unpaired) electrons. The van der Waals surface area contributed by atoms with E-state index in [1.54, 1.807) is 38.5 Å². The molecule has 6 nitrogen and oxygen atoms in total. The van der Waals surface area contributed by atoms with Gasteiger partial charge in [-0.15, -0.1) is 0 Å². The van der Waals surface area contributed by atoms with Crippen molar-refractivity contribution in [3.8, 4) is 0 Å². The van der Waals surface area contributed by atoms with Crippen molar-refractivity contribution >= 4 is 17.7 Å². The number of hydrogen-bond acceptors (Lipinski definition) is 3. The first kappa shape index (κ1) is 13.3. The van der Waals surface area contributed by atoms with Gasteiger partial charge in [-0.1, -0.05) is 0 Å². The predicted octanol–water partition coefficient (Wildman–Crippen LogP) is 1.48. The van der Waals surface area contributed by atoms with E-state index in [1.165, 1.54) is 4.90 Å². The number of amides is 2. The summed E-state index contributed by atoms with van der Waals surface area (Å²) in [5, 5.41) is 11.9. The maximum absolute atomic E-state index is 12.1. The Labute approximate surface area is 111 Å². The fourth-order valence-corrected chi connectivity index (χ4v) is 1.97. The molecule has 1 fully saturated rings. The molecule has 1 atom stereocenters. The summed E-state index contributed by atoms with van der Waals surface area (Å²) in [6.45, 7) is 1.56. The van der Waals surface area contributed by atoms with E-state index in [0.29, 0.717) is 5.69 Å². The number of pyridine rings is 1. The zero-order chi connectivity index (χ0) is 14.0. The highest BCUT2D eigenvalue weighted by Gasteiger charge is 2.49. The third-order valence-corrected chi connectivity index (χ3v) is 3.54. The highest BCUT2D eigenvalue weighted by atomic mass is 16.4. The molecule has 1 aromatic heterocycles. The number of nitrogens with zero attached hydrogens (tertiary/aromatic N) is 2. The topological polar surface area (TPSA) is 82.5 Å². The lowest BCUT2D eigenvalue weighted by molar-refractivity contribution is -0.144. The summed E-state index contributed by atoms with van der Waals surface area (Å²) >= 11 is 0. The molecule has 1 aliphatic carbocycles. The molecule has 0 bridgehead atoms. The van der Waals surface area contributed by atoms with Crippen LogP contribution in [0.2, 0.25) is 0 Å². The molecule has 1 saturated carbocycles. The maximum Gasteiger partial charge on any atom is 0.329 e. The highest BCUT2D eigenvalue weighted by molar-refractivity contribution is 5.95. The second-order valence-corrected chi connectivity index (χ2v) is 4.98. The van der Waals surface area contributed by atoms with Crippen molar-refractivity contribution < 1.29 is 14.7 Å². The van der Waals surface area contributed by atoms with Crippen LogP contribution in [-0.4, -0.2) is 34.7 Å². The predicted molar refractivity (Wildman–Crippen MR) is 69.9 cm³/mol. The highest BCUT2D eigenvalue weighted by Crippen LogP contribution is 2.39. The molecule has 2 rings (SSSR count). The number of carboxylic acid groups (broad SMARTS) is 1. The average molecular weight is 263 g/mol. The van der Waals surface area contributed by atoms with Crippen molar-refractivity contribution in [3.63, 3.8) is 0 Å². The summed E-state index contributed by atoms with van der Waals surface area (Å²) < 4.78 is 0. The van der Waals surface area contributed by atoms with E-state index in [2.05, 4.69) is 10.3 Å². The number of carbonyl (C=O) groups excluding carboxylic acids is 1. The first-order valence-corrected chi connectivity index (χ1v) is 6.14. The summed E-state index contributed by atoms with van der Waals surface area (Å²) in [5.74, 6) is -0.987. The number of carboxylic acids is 1. The lowest BCUT2D eigenvalue weighted by Gasteiger charge is -2.29. The first-order chi connectivity index (χ1) is 8.95. The van der Waals surface area contributed by atoms with Crippen molar-refractivity contribution in [2.45, 2.75) is 25.3 Å². The van der Waals surface area contributed by atoms with Gasteiger partial charge in [0.2, 0.25) is 0 Å². The summed E-state index contributed by atoms with van der Waals surface area (Å²) in [7, 11) is 1.58. The second kappa shape index (κ2) is 4.87. The molecule has 0 aromatic carbocycles. The van der Waals surface area contributed by atoms with Crippen LogP contribution in [0.15, 0.2) is 24.5 Å². The Bertz CT molecular complexity index is 487. The van der Waals surface area contributed by atoms with E-state index in [1.807, 2.05) is 0 Å². The van der Waals surface area contributed by atoms with Gasteiger partial charge in [0.15, 0.2) is 0 Å². The van der Waals surface area contributed by atoms with E-state index in [9.17, 15) is 14.7 Å². The van der Waals surface area contributed by atoms with Gasteiger partial charge < -0.3 is 10.4 Å². The van der Waals surface area contributed by atoms with Gasteiger partial charge in [-0.05, 0) is 37.8 Å². The summed E-state index contributed by atoms with van der Waals surface area (Å²) in [5.41, 5.74) is -0.586. The van der Waals surface area contributed by atoms with Crippen LogP contribution in [0.5, 0.6) is 0 Å². The van der Waals surface area contributed by atoms with Gasteiger partial charge in [-0.3, -0.25) is 9.88 Å². The van der Waals surface area contributed by atoms with Crippen molar-refractivity contribution in [2.75, 3.05) is 11.9 Å². The zero-order valence-electron chi connectivity index (χ0n) is 11.0. The van der Waals surface area contributed by atoms with Gasteiger partial charge in [-0.25, -0.2) is 9.59 Å². The first-order valence-electron chi connectivity index (χ1n) is 6.14. The van der Waals surface area contributed by atoms with Gasteiger partial charge in [0.05, 0.1) is 11.9 Å². The summed E-state index contributed by atoms with van der Waals surface area (Å²) in [4.78, 5) is 28.8. The molecule has 1 unspecified atom stereocenters. The molecule has 102 valence electrons.